The number of nitrogens with one attached hydrogen (secondary N) is 1. The first-order valence-electron chi connectivity index (χ1n) is 5.51. The minimum Gasteiger partial charge on any atom is -0.370 e. The fraction of sp³-hybridized carbons (Fsp3) is 0.231. The van der Waals surface area contributed by atoms with Crippen molar-refractivity contribution in [2.75, 3.05) is 11.9 Å². The van der Waals surface area contributed by atoms with Gasteiger partial charge in [-0.15, -0.1) is 0 Å². The van der Waals surface area contributed by atoms with E-state index in [2.05, 4.69) is 15.3 Å². The lowest BCUT2D eigenvalue weighted by Crippen LogP contribution is -2.07. The Morgan fingerprint density at radius 3 is 2.82 bits per heavy atom. The predicted molar refractivity (Wildman–Crippen MR) is 65.4 cm³/mol. The number of hydrogen-bond acceptors (Lipinski definition) is 3. The molecule has 1 N–H and O–H groups in total. The zero-order chi connectivity index (χ0) is 12.1. The molecule has 3 nitrogen and oxygen atoms in total. The average molecular weight is 231 g/mol. The molecule has 0 saturated carbocycles. The van der Waals surface area contributed by atoms with Crippen molar-refractivity contribution in [2.45, 2.75) is 13.3 Å². The number of hydrogen-bond donors (Lipinski definition) is 1. The summed E-state index contributed by atoms with van der Waals surface area (Å²) < 4.78 is 13.3. The molecule has 0 aliphatic rings. The highest BCUT2D eigenvalue weighted by molar-refractivity contribution is 5.34. The molecule has 0 aliphatic carbocycles. The number of halogens is 1. The fourth-order valence-electron chi connectivity index (χ4n) is 1.58. The summed E-state index contributed by atoms with van der Waals surface area (Å²) in [6.07, 6.45) is 2.15. The zero-order valence-corrected chi connectivity index (χ0v) is 9.65. The molecule has 0 atom stereocenters. The van der Waals surface area contributed by atoms with Gasteiger partial charge >= 0.3 is 0 Å². The molecular weight excluding hydrogens is 217 g/mol. The SMILES string of the molecule is Cc1cc(NCCc2ccccc2F)ncn1. The summed E-state index contributed by atoms with van der Waals surface area (Å²) in [5, 5.41) is 3.14. The predicted octanol–water partition coefficient (Wildman–Crippen LogP) is 2.58. The second-order valence-electron chi connectivity index (χ2n) is 3.81. The Hall–Kier alpha value is -1.97. The molecule has 2 aromatic rings. The van der Waals surface area contributed by atoms with Crippen LogP contribution in [0.1, 0.15) is 11.3 Å². The highest BCUT2D eigenvalue weighted by Crippen LogP contribution is 2.08. The van der Waals surface area contributed by atoms with Gasteiger partial charge in [-0.25, -0.2) is 14.4 Å². The van der Waals surface area contributed by atoms with Crippen LogP contribution in [0.3, 0.4) is 0 Å². The van der Waals surface area contributed by atoms with Crippen LogP contribution < -0.4 is 5.32 Å². The largest absolute Gasteiger partial charge is 0.370 e. The van der Waals surface area contributed by atoms with Crippen LogP contribution in [-0.2, 0) is 6.42 Å². The summed E-state index contributed by atoms with van der Waals surface area (Å²) in [4.78, 5) is 8.09. The van der Waals surface area contributed by atoms with E-state index in [0.29, 0.717) is 18.5 Å². The van der Waals surface area contributed by atoms with Crippen LogP contribution in [-0.4, -0.2) is 16.5 Å². The third-order valence-electron chi connectivity index (χ3n) is 2.46. The van der Waals surface area contributed by atoms with Gasteiger partial charge in [0.1, 0.15) is 18.0 Å². The molecule has 2 rings (SSSR count). The van der Waals surface area contributed by atoms with Gasteiger partial charge in [0.25, 0.3) is 0 Å². The molecule has 0 radical (unpaired) electrons. The van der Waals surface area contributed by atoms with Crippen LogP contribution in [0.2, 0.25) is 0 Å². The first-order chi connectivity index (χ1) is 8.25. The molecule has 1 aromatic heterocycles. The molecule has 0 saturated heterocycles. The van der Waals surface area contributed by atoms with Crippen molar-refractivity contribution in [1.29, 1.82) is 0 Å². The second kappa shape index (κ2) is 5.39. The van der Waals surface area contributed by atoms with Crippen molar-refractivity contribution in [3.63, 3.8) is 0 Å². The summed E-state index contributed by atoms with van der Waals surface area (Å²) in [6, 6.07) is 8.67. The van der Waals surface area contributed by atoms with Crippen molar-refractivity contribution in [3.8, 4) is 0 Å². The first kappa shape index (κ1) is 11.5. The van der Waals surface area contributed by atoms with E-state index < -0.39 is 0 Å². The number of aryl methyl sites for hydroxylation is 1. The van der Waals surface area contributed by atoms with Gasteiger partial charge in [0.2, 0.25) is 0 Å². The normalized spacial score (nSPS) is 10.2. The number of anilines is 1. The molecule has 1 heterocycles. The Kier molecular flexibility index (Phi) is 3.65. The maximum atomic E-state index is 13.3. The lowest BCUT2D eigenvalue weighted by atomic mass is 10.1. The van der Waals surface area contributed by atoms with Crippen molar-refractivity contribution in [3.05, 3.63) is 53.7 Å². The monoisotopic (exact) mass is 231 g/mol. The van der Waals surface area contributed by atoms with Gasteiger partial charge in [-0.2, -0.15) is 0 Å². The lowest BCUT2D eigenvalue weighted by molar-refractivity contribution is 0.610. The summed E-state index contributed by atoms with van der Waals surface area (Å²) in [6.45, 7) is 2.56. The van der Waals surface area contributed by atoms with Crippen molar-refractivity contribution in [1.82, 2.24) is 9.97 Å². The van der Waals surface area contributed by atoms with Gasteiger partial charge in [0.05, 0.1) is 0 Å². The van der Waals surface area contributed by atoms with Crippen LogP contribution in [0.5, 0.6) is 0 Å². The molecule has 0 unspecified atom stereocenters. The van der Waals surface area contributed by atoms with E-state index in [-0.39, 0.29) is 5.82 Å². The Balaban J connectivity index is 1.90. The van der Waals surface area contributed by atoms with Crippen LogP contribution in [0.4, 0.5) is 10.2 Å². The molecule has 0 bridgehead atoms. The molecule has 1 aromatic carbocycles. The van der Waals surface area contributed by atoms with Crippen molar-refractivity contribution < 1.29 is 4.39 Å². The Morgan fingerprint density at radius 2 is 2.06 bits per heavy atom. The van der Waals surface area contributed by atoms with E-state index in [1.807, 2.05) is 19.1 Å². The number of benzene rings is 1. The van der Waals surface area contributed by atoms with Crippen molar-refractivity contribution >= 4 is 5.82 Å². The van der Waals surface area contributed by atoms with Crippen LogP contribution >= 0.6 is 0 Å². The molecule has 0 amide bonds. The van der Waals surface area contributed by atoms with Gasteiger partial charge in [0, 0.05) is 18.3 Å². The molecule has 0 aliphatic heterocycles. The van der Waals surface area contributed by atoms with Gasteiger partial charge < -0.3 is 5.32 Å². The zero-order valence-electron chi connectivity index (χ0n) is 9.65. The van der Waals surface area contributed by atoms with Crippen LogP contribution in [0.25, 0.3) is 0 Å². The van der Waals surface area contributed by atoms with Crippen LogP contribution in [0.15, 0.2) is 36.7 Å². The molecule has 4 heteroatoms. The molecule has 0 spiro atoms. The number of rotatable bonds is 4. The summed E-state index contributed by atoms with van der Waals surface area (Å²) in [5.74, 6) is 0.613. The standard InChI is InChI=1S/C13H14FN3/c1-10-8-13(17-9-16-10)15-7-6-11-4-2-3-5-12(11)14/h2-5,8-9H,6-7H2,1H3,(H,15,16,17). The number of aromatic nitrogens is 2. The molecular formula is C13H14FN3. The quantitative estimate of drug-likeness (QED) is 0.878. The van der Waals surface area contributed by atoms with E-state index in [1.165, 1.54) is 12.4 Å². The summed E-state index contributed by atoms with van der Waals surface area (Å²) in [5.41, 5.74) is 1.62. The minimum atomic E-state index is -0.159. The topological polar surface area (TPSA) is 37.8 Å². The third kappa shape index (κ3) is 3.24. The average Bonchev–Trinajstić information content (AvgIpc) is 2.32. The second-order valence-corrected chi connectivity index (χ2v) is 3.81. The van der Waals surface area contributed by atoms with Gasteiger partial charge in [-0.1, -0.05) is 18.2 Å². The third-order valence-corrected chi connectivity index (χ3v) is 2.46. The summed E-state index contributed by atoms with van der Waals surface area (Å²) in [7, 11) is 0. The van der Waals surface area contributed by atoms with Gasteiger partial charge in [-0.05, 0) is 25.0 Å². The Morgan fingerprint density at radius 1 is 1.24 bits per heavy atom. The minimum absolute atomic E-state index is 0.159. The molecule has 17 heavy (non-hydrogen) atoms. The van der Waals surface area contributed by atoms with E-state index in [0.717, 1.165) is 11.5 Å². The van der Waals surface area contributed by atoms with Crippen LogP contribution in [0, 0.1) is 12.7 Å². The maximum Gasteiger partial charge on any atom is 0.129 e. The lowest BCUT2D eigenvalue weighted by Gasteiger charge is -2.06. The molecule has 0 fully saturated rings. The highest BCUT2D eigenvalue weighted by Gasteiger charge is 2.00. The number of nitrogens with zero attached hydrogens (tertiary/aromatic N) is 2. The Labute approximate surface area is 99.7 Å². The smallest absolute Gasteiger partial charge is 0.129 e. The van der Waals surface area contributed by atoms with E-state index >= 15 is 0 Å². The highest BCUT2D eigenvalue weighted by atomic mass is 19.1. The van der Waals surface area contributed by atoms with Gasteiger partial charge in [0.15, 0.2) is 0 Å². The fourth-order valence-corrected chi connectivity index (χ4v) is 1.58. The molecule has 88 valence electrons. The van der Waals surface area contributed by atoms with E-state index in [1.54, 1.807) is 12.1 Å². The van der Waals surface area contributed by atoms with E-state index in [9.17, 15) is 4.39 Å². The maximum absolute atomic E-state index is 13.3. The van der Waals surface area contributed by atoms with Crippen molar-refractivity contribution in [2.24, 2.45) is 0 Å². The van der Waals surface area contributed by atoms with E-state index in [4.69, 9.17) is 0 Å². The van der Waals surface area contributed by atoms with Gasteiger partial charge in [-0.3, -0.25) is 0 Å². The summed E-state index contributed by atoms with van der Waals surface area (Å²) >= 11 is 0. The first-order valence-corrected chi connectivity index (χ1v) is 5.51. The Bertz CT molecular complexity index is 500.